The first-order chi connectivity index (χ1) is 13.5. The first kappa shape index (κ1) is 18.3. The largest absolute Gasteiger partial charge is 0.371 e. The summed E-state index contributed by atoms with van der Waals surface area (Å²) in [5, 5.41) is 3.23. The van der Waals surface area contributed by atoms with Gasteiger partial charge < -0.3 is 10.2 Å². The zero-order valence-corrected chi connectivity index (χ0v) is 15.0. The van der Waals surface area contributed by atoms with Gasteiger partial charge in [0.15, 0.2) is 5.82 Å². The lowest BCUT2D eigenvalue weighted by atomic mass is 9.95. The number of nitrogens with one attached hydrogen (secondary N) is 1. The lowest BCUT2D eigenvalue weighted by Crippen LogP contribution is -2.38. The minimum atomic E-state index is -0.689. The van der Waals surface area contributed by atoms with E-state index in [-0.39, 0.29) is 23.2 Å². The molecule has 0 saturated carbocycles. The summed E-state index contributed by atoms with van der Waals surface area (Å²) in [6.45, 7) is 1.16. The number of hydrogen-bond acceptors (Lipinski definition) is 3. The third-order valence-electron chi connectivity index (χ3n) is 5.06. The van der Waals surface area contributed by atoms with Crippen molar-refractivity contribution in [1.82, 2.24) is 4.98 Å². The van der Waals surface area contributed by atoms with Gasteiger partial charge in [-0.2, -0.15) is 0 Å². The van der Waals surface area contributed by atoms with E-state index in [1.807, 2.05) is 4.90 Å². The van der Waals surface area contributed by atoms with Crippen LogP contribution in [0.4, 0.5) is 24.5 Å². The minimum Gasteiger partial charge on any atom is -0.371 e. The van der Waals surface area contributed by atoms with Crippen LogP contribution in [0.5, 0.6) is 0 Å². The van der Waals surface area contributed by atoms with Crippen LogP contribution in [0.3, 0.4) is 0 Å². The van der Waals surface area contributed by atoms with Crippen molar-refractivity contribution in [2.75, 3.05) is 23.3 Å². The van der Waals surface area contributed by atoms with Gasteiger partial charge in [-0.05, 0) is 49.2 Å². The Bertz CT molecular complexity index is 1020. The molecular weight excluding hydrogens is 367 g/mol. The molecule has 0 aliphatic carbocycles. The molecule has 0 unspecified atom stereocenters. The molecule has 28 heavy (non-hydrogen) atoms. The second-order valence-corrected chi connectivity index (χ2v) is 6.87. The number of carbonyl (C=O) groups excluding carboxylic acids is 1. The van der Waals surface area contributed by atoms with E-state index in [0.717, 1.165) is 6.07 Å². The van der Waals surface area contributed by atoms with Gasteiger partial charge in [0.2, 0.25) is 5.91 Å². The number of benzene rings is 2. The average molecular weight is 385 g/mol. The van der Waals surface area contributed by atoms with E-state index in [9.17, 15) is 18.0 Å². The van der Waals surface area contributed by atoms with Crippen molar-refractivity contribution < 1.29 is 18.0 Å². The first-order valence-electron chi connectivity index (χ1n) is 9.06. The van der Waals surface area contributed by atoms with Gasteiger partial charge in [-0.3, -0.25) is 9.78 Å². The van der Waals surface area contributed by atoms with Crippen molar-refractivity contribution in [2.45, 2.75) is 12.8 Å². The van der Waals surface area contributed by atoms with Crippen LogP contribution in [0.15, 0.2) is 48.7 Å². The number of rotatable bonds is 3. The fourth-order valence-electron chi connectivity index (χ4n) is 3.60. The molecule has 1 amide bonds. The molecule has 1 aliphatic heterocycles. The van der Waals surface area contributed by atoms with Crippen molar-refractivity contribution in [3.8, 4) is 0 Å². The number of nitrogens with zero attached hydrogens (tertiary/aromatic N) is 2. The van der Waals surface area contributed by atoms with E-state index >= 15 is 0 Å². The van der Waals surface area contributed by atoms with Crippen LogP contribution in [0.25, 0.3) is 10.9 Å². The number of amides is 1. The molecule has 0 bridgehead atoms. The van der Waals surface area contributed by atoms with Gasteiger partial charge in [-0.1, -0.05) is 0 Å². The quantitative estimate of drug-likeness (QED) is 0.722. The number of piperidine rings is 1. The number of carbonyl (C=O) groups is 1. The van der Waals surface area contributed by atoms with Crippen LogP contribution < -0.4 is 10.2 Å². The van der Waals surface area contributed by atoms with E-state index in [2.05, 4.69) is 10.3 Å². The molecule has 0 radical (unpaired) electrons. The van der Waals surface area contributed by atoms with E-state index in [1.165, 1.54) is 36.5 Å². The maximum absolute atomic E-state index is 14.0. The zero-order chi connectivity index (χ0) is 19.7. The van der Waals surface area contributed by atoms with Crippen molar-refractivity contribution in [3.05, 3.63) is 66.1 Å². The summed E-state index contributed by atoms with van der Waals surface area (Å²) in [5.41, 5.74) is 1.40. The van der Waals surface area contributed by atoms with Crippen LogP contribution in [-0.2, 0) is 4.79 Å². The fourth-order valence-corrected chi connectivity index (χ4v) is 3.60. The van der Waals surface area contributed by atoms with Crippen LogP contribution in [-0.4, -0.2) is 24.0 Å². The monoisotopic (exact) mass is 385 g/mol. The molecular formula is C21H18F3N3O. The van der Waals surface area contributed by atoms with Gasteiger partial charge >= 0.3 is 0 Å². The molecule has 0 atom stereocenters. The third-order valence-corrected chi connectivity index (χ3v) is 5.06. The highest BCUT2D eigenvalue weighted by atomic mass is 19.1. The van der Waals surface area contributed by atoms with E-state index in [4.69, 9.17) is 0 Å². The summed E-state index contributed by atoms with van der Waals surface area (Å²) in [6, 6.07) is 9.48. The van der Waals surface area contributed by atoms with Crippen LogP contribution in [0, 0.1) is 23.4 Å². The van der Waals surface area contributed by atoms with Gasteiger partial charge in [-0.25, -0.2) is 13.2 Å². The van der Waals surface area contributed by atoms with Gasteiger partial charge in [0.05, 0.1) is 0 Å². The molecule has 2 heterocycles. The molecule has 2 aromatic carbocycles. The topological polar surface area (TPSA) is 45.2 Å². The van der Waals surface area contributed by atoms with Crippen LogP contribution >= 0.6 is 0 Å². The third kappa shape index (κ3) is 3.65. The van der Waals surface area contributed by atoms with Crippen molar-refractivity contribution in [1.29, 1.82) is 0 Å². The molecule has 0 spiro atoms. The number of aromatic nitrogens is 1. The summed E-state index contributed by atoms with van der Waals surface area (Å²) >= 11 is 0. The predicted molar refractivity (Wildman–Crippen MR) is 102 cm³/mol. The maximum Gasteiger partial charge on any atom is 0.227 e. The van der Waals surface area contributed by atoms with Crippen molar-refractivity contribution >= 4 is 28.2 Å². The second kappa shape index (κ2) is 7.50. The van der Waals surface area contributed by atoms with E-state index in [0.29, 0.717) is 42.7 Å². The summed E-state index contributed by atoms with van der Waals surface area (Å²) in [5.74, 6) is -1.98. The molecule has 1 fully saturated rings. The van der Waals surface area contributed by atoms with Crippen LogP contribution in [0.2, 0.25) is 0 Å². The highest BCUT2D eigenvalue weighted by Crippen LogP contribution is 2.31. The molecule has 144 valence electrons. The number of pyridine rings is 1. The Kier molecular flexibility index (Phi) is 4.90. The Morgan fingerprint density at radius 3 is 2.43 bits per heavy atom. The Morgan fingerprint density at radius 1 is 1.00 bits per heavy atom. The Labute approximate surface area is 160 Å². The average Bonchev–Trinajstić information content (AvgIpc) is 2.69. The molecule has 7 heteroatoms. The first-order valence-corrected chi connectivity index (χ1v) is 9.06. The number of hydrogen-bond donors (Lipinski definition) is 1. The summed E-state index contributed by atoms with van der Waals surface area (Å²) in [7, 11) is 0. The maximum atomic E-state index is 14.0. The molecule has 1 aliphatic rings. The smallest absolute Gasteiger partial charge is 0.227 e. The highest BCUT2D eigenvalue weighted by Gasteiger charge is 2.26. The minimum absolute atomic E-state index is 0.108. The number of halogens is 3. The Morgan fingerprint density at radius 2 is 1.71 bits per heavy atom. The van der Waals surface area contributed by atoms with Crippen molar-refractivity contribution in [2.24, 2.45) is 5.92 Å². The number of anilines is 2. The summed E-state index contributed by atoms with van der Waals surface area (Å²) < 4.78 is 40.7. The fraction of sp³-hybridized carbons (Fsp3) is 0.238. The molecule has 4 rings (SSSR count). The Hall–Kier alpha value is -3.09. The lowest BCUT2D eigenvalue weighted by Gasteiger charge is -2.33. The predicted octanol–water partition coefficient (Wildman–Crippen LogP) is 4.51. The summed E-state index contributed by atoms with van der Waals surface area (Å²) in [6.07, 6.45) is 2.72. The van der Waals surface area contributed by atoms with Crippen molar-refractivity contribution in [3.63, 3.8) is 0 Å². The molecule has 1 saturated heterocycles. The standard InChI is InChI=1S/C21H18F3N3O/c22-14-1-3-16(4-2-14)26-21(28)13-6-9-27(10-7-13)19-5-8-25-20-17(19)11-15(23)12-18(20)24/h1-5,8,11-13H,6-7,9-10H2,(H,26,28). The highest BCUT2D eigenvalue weighted by molar-refractivity contribution is 5.94. The summed E-state index contributed by atoms with van der Waals surface area (Å²) in [4.78, 5) is 18.5. The molecule has 4 nitrogen and oxygen atoms in total. The van der Waals surface area contributed by atoms with Gasteiger partial charge in [-0.15, -0.1) is 0 Å². The van der Waals surface area contributed by atoms with E-state index in [1.54, 1.807) is 6.07 Å². The van der Waals surface area contributed by atoms with Gasteiger partial charge in [0, 0.05) is 48.0 Å². The number of fused-ring (bicyclic) bond motifs is 1. The molecule has 1 N–H and O–H groups in total. The van der Waals surface area contributed by atoms with E-state index < -0.39 is 11.6 Å². The van der Waals surface area contributed by atoms with Gasteiger partial charge in [0.1, 0.15) is 17.2 Å². The second-order valence-electron chi connectivity index (χ2n) is 6.87. The molecule has 3 aromatic rings. The van der Waals surface area contributed by atoms with Gasteiger partial charge in [0.25, 0.3) is 0 Å². The lowest BCUT2D eigenvalue weighted by molar-refractivity contribution is -0.120. The Balaban J connectivity index is 1.46. The SMILES string of the molecule is O=C(Nc1ccc(F)cc1)C1CCN(c2ccnc3c(F)cc(F)cc23)CC1. The van der Waals surface area contributed by atoms with Crippen LogP contribution in [0.1, 0.15) is 12.8 Å². The normalized spacial score (nSPS) is 15.0. The zero-order valence-electron chi connectivity index (χ0n) is 15.0. The molecule has 1 aromatic heterocycles.